The summed E-state index contributed by atoms with van der Waals surface area (Å²) in [6, 6.07) is 4.30. The normalized spacial score (nSPS) is 11.9. The minimum Gasteiger partial charge on any atom is -0.480 e. The number of hydrogen-bond acceptors (Lipinski definition) is 3. The molecular weight excluding hydrogens is 398 g/mol. The summed E-state index contributed by atoms with van der Waals surface area (Å²) >= 11 is 8.10. The lowest BCUT2D eigenvalue weighted by Gasteiger charge is -2.14. The number of amides is 1. The van der Waals surface area contributed by atoms with E-state index in [0.717, 1.165) is 4.47 Å². The van der Waals surface area contributed by atoms with Gasteiger partial charge in [-0.25, -0.2) is 4.79 Å². The molecule has 0 heterocycles. The number of rotatable bonds is 6. The second-order valence-corrected chi connectivity index (χ2v) is 6.53. The van der Waals surface area contributed by atoms with Gasteiger partial charge in [-0.1, -0.05) is 15.9 Å². The molecule has 104 valence electrons. The highest BCUT2D eigenvalue weighted by molar-refractivity contribution is 9.11. The fourth-order valence-corrected chi connectivity index (χ4v) is 2.66. The van der Waals surface area contributed by atoms with Crippen molar-refractivity contribution in [3.05, 3.63) is 32.7 Å². The number of nitrogens with one attached hydrogen (secondary N) is 1. The quantitative estimate of drug-likeness (QED) is 0.755. The number of carboxylic acids is 1. The summed E-state index contributed by atoms with van der Waals surface area (Å²) in [5, 5.41) is 11.6. The summed E-state index contributed by atoms with van der Waals surface area (Å²) in [7, 11) is 0. The van der Waals surface area contributed by atoms with Crippen LogP contribution in [0.4, 0.5) is 0 Å². The Hall–Kier alpha value is -0.530. The van der Waals surface area contributed by atoms with Gasteiger partial charge in [0, 0.05) is 8.95 Å². The number of carboxylic acid groups (broad SMARTS) is 1. The molecule has 7 heteroatoms. The topological polar surface area (TPSA) is 66.4 Å². The molecule has 2 N–H and O–H groups in total. The second kappa shape index (κ2) is 7.91. The third-order valence-electron chi connectivity index (χ3n) is 2.39. The molecule has 1 amide bonds. The van der Waals surface area contributed by atoms with Gasteiger partial charge in [0.1, 0.15) is 6.04 Å². The van der Waals surface area contributed by atoms with Crippen LogP contribution in [0.2, 0.25) is 0 Å². The van der Waals surface area contributed by atoms with Gasteiger partial charge >= 0.3 is 5.97 Å². The molecule has 1 aromatic carbocycles. The Balaban J connectivity index is 2.81. The molecule has 0 spiro atoms. The van der Waals surface area contributed by atoms with E-state index in [-0.39, 0.29) is 0 Å². The molecule has 0 unspecified atom stereocenters. The monoisotopic (exact) mass is 409 g/mol. The van der Waals surface area contributed by atoms with E-state index in [1.165, 1.54) is 0 Å². The van der Waals surface area contributed by atoms with Crippen LogP contribution >= 0.6 is 43.6 Å². The minimum absolute atomic E-state index is 0.397. The highest BCUT2D eigenvalue weighted by Crippen LogP contribution is 2.21. The zero-order valence-electron chi connectivity index (χ0n) is 10.2. The number of thioether (sulfide) groups is 1. The molecule has 1 rings (SSSR count). The van der Waals surface area contributed by atoms with Crippen LogP contribution in [0.1, 0.15) is 16.8 Å². The van der Waals surface area contributed by atoms with Crippen molar-refractivity contribution in [3.63, 3.8) is 0 Å². The standard InChI is InChI=1S/C12H13Br2NO3S/c1-19-5-4-10(12(17)18)15-11(16)8-6-7(13)2-3-9(8)14/h2-3,6,10H,4-5H2,1H3,(H,15,16)(H,17,18)/t10-/m1/s1. The summed E-state index contributed by atoms with van der Waals surface area (Å²) in [5.74, 6) is -0.744. The Labute approximate surface area is 132 Å². The first kappa shape index (κ1) is 16.5. The SMILES string of the molecule is CSCC[C@@H](NC(=O)c1cc(Br)ccc1Br)C(=O)O. The lowest BCUT2D eigenvalue weighted by Crippen LogP contribution is -2.41. The minimum atomic E-state index is -1.02. The zero-order chi connectivity index (χ0) is 14.4. The summed E-state index contributed by atoms with van der Waals surface area (Å²) in [6.07, 6.45) is 2.29. The van der Waals surface area contributed by atoms with Crippen molar-refractivity contribution in [2.24, 2.45) is 0 Å². The molecule has 19 heavy (non-hydrogen) atoms. The number of carbonyl (C=O) groups excluding carboxylic acids is 1. The molecule has 0 saturated carbocycles. The summed E-state index contributed by atoms with van der Waals surface area (Å²) < 4.78 is 1.39. The van der Waals surface area contributed by atoms with Crippen LogP contribution in [0.15, 0.2) is 27.1 Å². The van der Waals surface area contributed by atoms with E-state index in [4.69, 9.17) is 5.11 Å². The molecule has 0 saturated heterocycles. The first-order chi connectivity index (χ1) is 8.95. The molecule has 0 aliphatic carbocycles. The fraction of sp³-hybridized carbons (Fsp3) is 0.333. The molecule has 0 aliphatic heterocycles. The zero-order valence-corrected chi connectivity index (χ0v) is 14.1. The van der Waals surface area contributed by atoms with E-state index >= 15 is 0 Å². The predicted octanol–water partition coefficient (Wildman–Crippen LogP) is 3.15. The molecule has 0 fully saturated rings. The fourth-order valence-electron chi connectivity index (χ4n) is 1.40. The molecule has 0 bridgehead atoms. The van der Waals surface area contributed by atoms with Gasteiger partial charge < -0.3 is 10.4 Å². The number of benzene rings is 1. The third-order valence-corrected chi connectivity index (χ3v) is 4.22. The average molecular weight is 411 g/mol. The molecular formula is C12H13Br2NO3S. The van der Waals surface area contributed by atoms with Crippen LogP contribution in [0, 0.1) is 0 Å². The van der Waals surface area contributed by atoms with E-state index in [0.29, 0.717) is 22.2 Å². The molecule has 0 aliphatic rings. The van der Waals surface area contributed by atoms with Crippen molar-refractivity contribution in [2.45, 2.75) is 12.5 Å². The smallest absolute Gasteiger partial charge is 0.326 e. The largest absolute Gasteiger partial charge is 0.480 e. The average Bonchev–Trinajstić information content (AvgIpc) is 2.36. The third kappa shape index (κ3) is 5.16. The van der Waals surface area contributed by atoms with Crippen molar-refractivity contribution in [1.82, 2.24) is 5.32 Å². The van der Waals surface area contributed by atoms with Crippen LogP contribution in [0.5, 0.6) is 0 Å². The maximum Gasteiger partial charge on any atom is 0.326 e. The number of halogens is 2. The molecule has 0 aromatic heterocycles. The first-order valence-corrected chi connectivity index (χ1v) is 8.41. The van der Waals surface area contributed by atoms with Crippen molar-refractivity contribution in [3.8, 4) is 0 Å². The van der Waals surface area contributed by atoms with Gasteiger partial charge in [-0.2, -0.15) is 11.8 Å². The van der Waals surface area contributed by atoms with Gasteiger partial charge in [0.2, 0.25) is 0 Å². The number of hydrogen-bond donors (Lipinski definition) is 2. The Morgan fingerprint density at radius 3 is 2.68 bits per heavy atom. The van der Waals surface area contributed by atoms with Crippen LogP contribution in [0.3, 0.4) is 0 Å². The summed E-state index contributed by atoms with van der Waals surface area (Å²) in [4.78, 5) is 23.1. The summed E-state index contributed by atoms with van der Waals surface area (Å²) in [6.45, 7) is 0. The molecule has 1 atom stereocenters. The number of aliphatic carboxylic acids is 1. The molecule has 1 aromatic rings. The van der Waals surface area contributed by atoms with Crippen LogP contribution in [-0.4, -0.2) is 35.0 Å². The van der Waals surface area contributed by atoms with E-state index in [1.54, 1.807) is 30.0 Å². The first-order valence-electron chi connectivity index (χ1n) is 5.43. The van der Waals surface area contributed by atoms with Gasteiger partial charge in [0.05, 0.1) is 5.56 Å². The Kier molecular flexibility index (Phi) is 6.88. The summed E-state index contributed by atoms with van der Waals surface area (Å²) in [5.41, 5.74) is 0.407. The van der Waals surface area contributed by atoms with Gasteiger partial charge in [-0.3, -0.25) is 4.79 Å². The van der Waals surface area contributed by atoms with Crippen molar-refractivity contribution in [2.75, 3.05) is 12.0 Å². The molecule has 4 nitrogen and oxygen atoms in total. The van der Waals surface area contributed by atoms with Gasteiger partial charge in [-0.15, -0.1) is 0 Å². The molecule has 0 radical (unpaired) electrons. The van der Waals surface area contributed by atoms with Crippen LogP contribution < -0.4 is 5.32 Å². The predicted molar refractivity (Wildman–Crippen MR) is 83.7 cm³/mol. The maximum atomic E-state index is 12.1. The second-order valence-electron chi connectivity index (χ2n) is 3.77. The van der Waals surface area contributed by atoms with Crippen LogP contribution in [-0.2, 0) is 4.79 Å². The Morgan fingerprint density at radius 1 is 1.42 bits per heavy atom. The van der Waals surface area contributed by atoms with E-state index in [9.17, 15) is 9.59 Å². The van der Waals surface area contributed by atoms with Gasteiger partial charge in [0.25, 0.3) is 5.91 Å². The van der Waals surface area contributed by atoms with E-state index in [1.807, 2.05) is 6.26 Å². The Bertz CT molecular complexity index is 482. The van der Waals surface area contributed by atoms with E-state index in [2.05, 4.69) is 37.2 Å². The van der Waals surface area contributed by atoms with Crippen molar-refractivity contribution >= 4 is 55.5 Å². The Morgan fingerprint density at radius 2 is 2.11 bits per heavy atom. The van der Waals surface area contributed by atoms with Crippen molar-refractivity contribution in [1.29, 1.82) is 0 Å². The van der Waals surface area contributed by atoms with Crippen LogP contribution in [0.25, 0.3) is 0 Å². The maximum absolute atomic E-state index is 12.1. The number of carbonyl (C=O) groups is 2. The van der Waals surface area contributed by atoms with Gasteiger partial charge in [-0.05, 0) is 52.6 Å². The highest BCUT2D eigenvalue weighted by atomic mass is 79.9. The lowest BCUT2D eigenvalue weighted by molar-refractivity contribution is -0.139. The van der Waals surface area contributed by atoms with E-state index < -0.39 is 17.9 Å². The lowest BCUT2D eigenvalue weighted by atomic mass is 10.1. The highest BCUT2D eigenvalue weighted by Gasteiger charge is 2.21. The van der Waals surface area contributed by atoms with Gasteiger partial charge in [0.15, 0.2) is 0 Å². The van der Waals surface area contributed by atoms with Crippen molar-refractivity contribution < 1.29 is 14.7 Å².